The van der Waals surface area contributed by atoms with Gasteiger partial charge in [-0.3, -0.25) is 0 Å². The molecule has 0 saturated heterocycles. The van der Waals surface area contributed by atoms with Crippen LogP contribution in [-0.2, 0) is 0 Å². The normalized spacial score (nSPS) is 16.0. The molecular weight excluding hydrogens is 183 g/mol. The van der Waals surface area contributed by atoms with E-state index < -0.39 is 12.7 Å². The van der Waals surface area contributed by atoms with E-state index in [2.05, 4.69) is 15.9 Å². The zero-order chi connectivity index (χ0) is 9.35. The second kappa shape index (κ2) is 2.48. The maximum absolute atomic E-state index is 12.6. The third-order valence-electron chi connectivity index (χ3n) is 0.928. The first kappa shape index (κ1) is 3.71. The van der Waals surface area contributed by atoms with Gasteiger partial charge < -0.3 is 0 Å². The first-order valence-electron chi connectivity index (χ1n) is 3.87. The number of rotatable bonds is 0. The summed E-state index contributed by atoms with van der Waals surface area (Å²) in [6, 6.07) is 3.60. The molecule has 0 amide bonds. The van der Waals surface area contributed by atoms with Crippen molar-refractivity contribution < 1.29 is 8.50 Å². The van der Waals surface area contributed by atoms with Gasteiger partial charge in [0.1, 0.15) is 5.82 Å². The summed E-state index contributed by atoms with van der Waals surface area (Å²) >= 11 is 3.04. The van der Waals surface area contributed by atoms with E-state index in [0.29, 0.717) is 4.47 Å². The molecule has 0 nitrogen and oxygen atoms in total. The molecule has 0 fully saturated rings. The standard InChI is InChI=1S/C7H6BrF/c1-5-4-6(9)2-3-7(5)8/h2-4H,1H3/i1D3. The second-order valence-corrected chi connectivity index (χ2v) is 2.48. The molecule has 0 aliphatic rings. The van der Waals surface area contributed by atoms with Gasteiger partial charge in [0.25, 0.3) is 0 Å². The summed E-state index contributed by atoms with van der Waals surface area (Å²) in [4.78, 5) is 0. The Hall–Kier alpha value is -0.370. The van der Waals surface area contributed by atoms with Gasteiger partial charge in [0, 0.05) is 8.58 Å². The third-order valence-corrected chi connectivity index (χ3v) is 1.62. The van der Waals surface area contributed by atoms with Crippen LogP contribution in [0.1, 0.15) is 9.68 Å². The molecule has 0 bridgehead atoms. The molecule has 0 N–H and O–H groups in total. The highest BCUT2D eigenvalue weighted by molar-refractivity contribution is 9.10. The van der Waals surface area contributed by atoms with Gasteiger partial charge in [-0.15, -0.1) is 0 Å². The van der Waals surface area contributed by atoms with Crippen LogP contribution in [0.3, 0.4) is 0 Å². The van der Waals surface area contributed by atoms with E-state index in [1.54, 1.807) is 0 Å². The molecule has 0 heterocycles. The molecule has 0 aliphatic carbocycles. The van der Waals surface area contributed by atoms with E-state index in [1.165, 1.54) is 12.1 Å². The van der Waals surface area contributed by atoms with Crippen molar-refractivity contribution in [3.63, 3.8) is 0 Å². The molecule has 0 aliphatic heterocycles. The van der Waals surface area contributed by atoms with Gasteiger partial charge in [-0.05, 0) is 30.6 Å². The van der Waals surface area contributed by atoms with E-state index in [0.717, 1.165) is 6.07 Å². The fourth-order valence-corrected chi connectivity index (χ4v) is 0.744. The summed E-state index contributed by atoms with van der Waals surface area (Å²) in [6.45, 7) is -2.26. The highest BCUT2D eigenvalue weighted by atomic mass is 79.9. The summed E-state index contributed by atoms with van der Waals surface area (Å²) in [5.41, 5.74) is 0.00231. The topological polar surface area (TPSA) is 0 Å². The minimum absolute atomic E-state index is 0.00231. The Morgan fingerprint density at radius 3 is 3.00 bits per heavy atom. The predicted octanol–water partition coefficient (Wildman–Crippen LogP) is 2.90. The minimum atomic E-state index is -2.26. The van der Waals surface area contributed by atoms with Crippen LogP contribution in [0.15, 0.2) is 22.7 Å². The van der Waals surface area contributed by atoms with Crippen molar-refractivity contribution in [3.05, 3.63) is 34.1 Å². The van der Waals surface area contributed by atoms with Crippen LogP contribution in [0.4, 0.5) is 4.39 Å². The largest absolute Gasteiger partial charge is 0.207 e. The molecule has 1 rings (SSSR count). The lowest BCUT2D eigenvalue weighted by atomic mass is 10.2. The SMILES string of the molecule is [2H]C([2H])([2H])c1cc(F)ccc1Br. The molecule has 1 aromatic carbocycles. The van der Waals surface area contributed by atoms with Gasteiger partial charge in [-0.25, -0.2) is 4.39 Å². The molecular formula is C7H6BrF. The van der Waals surface area contributed by atoms with Gasteiger partial charge in [-0.1, -0.05) is 15.9 Å². The third kappa shape index (κ3) is 1.52. The molecule has 48 valence electrons. The fourth-order valence-electron chi connectivity index (χ4n) is 0.497. The van der Waals surface area contributed by atoms with Gasteiger partial charge in [-0.2, -0.15) is 0 Å². The highest BCUT2D eigenvalue weighted by Gasteiger charge is 1.93. The average molecular weight is 192 g/mol. The molecule has 0 spiro atoms. The quantitative estimate of drug-likeness (QED) is 0.592. The lowest BCUT2D eigenvalue weighted by molar-refractivity contribution is 0.626. The summed E-state index contributed by atoms with van der Waals surface area (Å²) in [5.74, 6) is -0.538. The van der Waals surface area contributed by atoms with Crippen LogP contribution in [0.2, 0.25) is 0 Å². The maximum atomic E-state index is 12.6. The van der Waals surface area contributed by atoms with Crippen molar-refractivity contribution in [2.45, 2.75) is 6.85 Å². The van der Waals surface area contributed by atoms with Crippen molar-refractivity contribution in [1.82, 2.24) is 0 Å². The summed E-state index contributed by atoms with van der Waals surface area (Å²) in [6.07, 6.45) is 0. The summed E-state index contributed by atoms with van der Waals surface area (Å²) in [5, 5.41) is 0. The lowest BCUT2D eigenvalue weighted by Gasteiger charge is -1.94. The van der Waals surface area contributed by atoms with Crippen LogP contribution < -0.4 is 0 Å². The Kier molecular flexibility index (Phi) is 1.02. The minimum Gasteiger partial charge on any atom is -0.207 e. The first-order valence-corrected chi connectivity index (χ1v) is 3.16. The maximum Gasteiger partial charge on any atom is 0.123 e. The summed E-state index contributed by atoms with van der Waals surface area (Å²) < 4.78 is 34.2. The van der Waals surface area contributed by atoms with Gasteiger partial charge in [0.2, 0.25) is 0 Å². The van der Waals surface area contributed by atoms with Crippen LogP contribution in [0.5, 0.6) is 0 Å². The second-order valence-electron chi connectivity index (χ2n) is 1.62. The predicted molar refractivity (Wildman–Crippen MR) is 38.8 cm³/mol. The van der Waals surface area contributed by atoms with Gasteiger partial charge in [0.15, 0.2) is 0 Å². The van der Waals surface area contributed by atoms with Crippen LogP contribution in [-0.4, -0.2) is 0 Å². The molecule has 0 aromatic heterocycles. The fraction of sp³-hybridized carbons (Fsp3) is 0.143. The molecule has 9 heavy (non-hydrogen) atoms. The van der Waals surface area contributed by atoms with E-state index in [1.807, 2.05) is 0 Å². The van der Waals surface area contributed by atoms with Crippen LogP contribution in [0.25, 0.3) is 0 Å². The number of hydrogen-bond acceptors (Lipinski definition) is 0. The number of aryl methyl sites for hydroxylation is 1. The van der Waals surface area contributed by atoms with Gasteiger partial charge >= 0.3 is 0 Å². The Bertz CT molecular complexity index is 295. The first-order chi connectivity index (χ1) is 5.41. The number of benzene rings is 1. The van der Waals surface area contributed by atoms with E-state index in [-0.39, 0.29) is 5.56 Å². The lowest BCUT2D eigenvalue weighted by Crippen LogP contribution is -1.76. The average Bonchev–Trinajstić information content (AvgIpc) is 1.92. The number of halogens is 2. The molecule has 0 atom stereocenters. The Morgan fingerprint density at radius 1 is 1.67 bits per heavy atom. The molecule has 2 heteroatoms. The zero-order valence-electron chi connectivity index (χ0n) is 7.49. The Balaban J connectivity index is 3.23. The van der Waals surface area contributed by atoms with Crippen molar-refractivity contribution >= 4 is 15.9 Å². The van der Waals surface area contributed by atoms with E-state index >= 15 is 0 Å². The van der Waals surface area contributed by atoms with Crippen LogP contribution >= 0.6 is 15.9 Å². The molecule has 0 saturated carbocycles. The zero-order valence-corrected chi connectivity index (χ0v) is 6.07. The molecule has 1 aromatic rings. The van der Waals surface area contributed by atoms with Crippen molar-refractivity contribution in [1.29, 1.82) is 0 Å². The van der Waals surface area contributed by atoms with Crippen molar-refractivity contribution in [3.8, 4) is 0 Å². The Labute approximate surface area is 66.0 Å². The van der Waals surface area contributed by atoms with Gasteiger partial charge in [0.05, 0.1) is 0 Å². The monoisotopic (exact) mass is 191 g/mol. The Morgan fingerprint density at radius 2 is 2.44 bits per heavy atom. The highest BCUT2D eigenvalue weighted by Crippen LogP contribution is 2.15. The number of hydrogen-bond donors (Lipinski definition) is 0. The molecule has 0 radical (unpaired) electrons. The van der Waals surface area contributed by atoms with Crippen molar-refractivity contribution in [2.75, 3.05) is 0 Å². The smallest absolute Gasteiger partial charge is 0.123 e. The van der Waals surface area contributed by atoms with Crippen molar-refractivity contribution in [2.24, 2.45) is 0 Å². The summed E-state index contributed by atoms with van der Waals surface area (Å²) in [7, 11) is 0. The van der Waals surface area contributed by atoms with E-state index in [4.69, 9.17) is 4.11 Å². The molecule has 0 unspecified atom stereocenters. The van der Waals surface area contributed by atoms with E-state index in [9.17, 15) is 4.39 Å². The van der Waals surface area contributed by atoms with Crippen LogP contribution in [0, 0.1) is 12.7 Å².